The highest BCUT2D eigenvalue weighted by Gasteiger charge is 2.24. The standard InChI is InChI=1S/C52H32N4/c1-5-17-41-33(11-1)15-9-19-43(41)35-23-27-37(28-24-35)49-51-47(31-39-13-3-7-21-45(39)53-51)56-50(52-48(55-49)32-40-14-4-8-22-46(40)54-52)38-29-25-36(26-30-38)44-20-10-16-34-12-2-6-18-42(34)44/h1-32H/b51-49?,52-50?,55-48?,55-49-,56-47?,56-50-. The van der Waals surface area contributed by atoms with Crippen molar-refractivity contribution in [1.29, 1.82) is 0 Å². The van der Waals surface area contributed by atoms with Gasteiger partial charge in [-0.3, -0.25) is 0 Å². The van der Waals surface area contributed by atoms with Gasteiger partial charge in [0, 0.05) is 21.9 Å². The van der Waals surface area contributed by atoms with E-state index in [0.717, 1.165) is 78.2 Å². The average Bonchev–Trinajstić information content (AvgIpc) is 3.26. The fraction of sp³-hybridized carbons (Fsp3) is 0. The van der Waals surface area contributed by atoms with E-state index < -0.39 is 0 Å². The van der Waals surface area contributed by atoms with Gasteiger partial charge in [0.25, 0.3) is 0 Å². The van der Waals surface area contributed by atoms with Crippen LogP contribution in [0, 0.1) is 0 Å². The maximum absolute atomic E-state index is 5.51. The summed E-state index contributed by atoms with van der Waals surface area (Å²) in [7, 11) is 0. The Kier molecular flexibility index (Phi) is 7.46. The molecule has 2 aromatic heterocycles. The number of aromatic nitrogens is 2. The van der Waals surface area contributed by atoms with Gasteiger partial charge in [0.2, 0.25) is 0 Å². The van der Waals surface area contributed by atoms with Crippen molar-refractivity contribution >= 4 is 66.1 Å². The van der Waals surface area contributed by atoms with Crippen molar-refractivity contribution in [1.82, 2.24) is 9.97 Å². The Morgan fingerprint density at radius 2 is 0.643 bits per heavy atom. The van der Waals surface area contributed by atoms with Crippen LogP contribution in [0.25, 0.3) is 65.6 Å². The van der Waals surface area contributed by atoms with Crippen LogP contribution >= 0.6 is 0 Å². The van der Waals surface area contributed by atoms with E-state index in [1.807, 2.05) is 24.3 Å². The fourth-order valence-electron chi connectivity index (χ4n) is 8.05. The molecule has 1 aliphatic rings. The lowest BCUT2D eigenvalue weighted by atomic mass is 9.95. The van der Waals surface area contributed by atoms with E-state index in [-0.39, 0.29) is 0 Å². The van der Waals surface area contributed by atoms with E-state index in [2.05, 4.69) is 170 Å². The van der Waals surface area contributed by atoms with Gasteiger partial charge < -0.3 is 0 Å². The van der Waals surface area contributed by atoms with Gasteiger partial charge in [-0.2, -0.15) is 0 Å². The average molecular weight is 713 g/mol. The van der Waals surface area contributed by atoms with Gasteiger partial charge in [0.05, 0.1) is 33.8 Å². The van der Waals surface area contributed by atoms with E-state index in [0.29, 0.717) is 0 Å². The molecule has 4 heteroatoms. The van der Waals surface area contributed by atoms with Crippen LogP contribution in [-0.4, -0.2) is 21.4 Å². The quantitative estimate of drug-likeness (QED) is 0.182. The number of hydrogen-bond acceptors (Lipinski definition) is 4. The molecule has 1 aliphatic heterocycles. The second-order valence-corrected chi connectivity index (χ2v) is 14.2. The largest absolute Gasteiger partial charge is 0.244 e. The summed E-state index contributed by atoms with van der Waals surface area (Å²) in [5.41, 5.74) is 12.8. The van der Waals surface area contributed by atoms with Crippen LogP contribution in [0.5, 0.6) is 0 Å². The Morgan fingerprint density at radius 1 is 0.286 bits per heavy atom. The highest BCUT2D eigenvalue weighted by molar-refractivity contribution is 6.22. The van der Waals surface area contributed by atoms with Crippen molar-refractivity contribution in [2.45, 2.75) is 0 Å². The number of pyridine rings is 2. The fourth-order valence-corrected chi connectivity index (χ4v) is 8.05. The first-order valence-corrected chi connectivity index (χ1v) is 18.9. The molecular weight excluding hydrogens is 681 g/mol. The minimum Gasteiger partial charge on any atom is -0.244 e. The molecule has 56 heavy (non-hydrogen) atoms. The van der Waals surface area contributed by atoms with Crippen LogP contribution in [0.4, 0.5) is 11.4 Å². The summed E-state index contributed by atoms with van der Waals surface area (Å²) in [6.07, 6.45) is 0. The molecule has 0 saturated carbocycles. The molecule has 3 heterocycles. The molecule has 0 spiro atoms. The molecule has 0 atom stereocenters. The molecule has 260 valence electrons. The number of rotatable bonds is 4. The topological polar surface area (TPSA) is 50.5 Å². The van der Waals surface area contributed by atoms with E-state index in [9.17, 15) is 0 Å². The van der Waals surface area contributed by atoms with Crippen LogP contribution in [0.15, 0.2) is 204 Å². The molecule has 0 unspecified atom stereocenters. The van der Waals surface area contributed by atoms with Gasteiger partial charge in [-0.15, -0.1) is 0 Å². The van der Waals surface area contributed by atoms with E-state index >= 15 is 0 Å². The monoisotopic (exact) mass is 712 g/mol. The number of hydrogen-bond donors (Lipinski definition) is 0. The van der Waals surface area contributed by atoms with Gasteiger partial charge in [0.15, 0.2) is 0 Å². The van der Waals surface area contributed by atoms with Crippen molar-refractivity contribution in [3.8, 4) is 22.3 Å². The van der Waals surface area contributed by atoms with Crippen molar-refractivity contribution in [3.05, 3.63) is 217 Å². The molecule has 0 fully saturated rings. The summed E-state index contributed by atoms with van der Waals surface area (Å²) < 4.78 is 0. The second-order valence-electron chi connectivity index (χ2n) is 14.2. The van der Waals surface area contributed by atoms with Gasteiger partial charge in [-0.25, -0.2) is 20.0 Å². The van der Waals surface area contributed by atoms with Crippen LogP contribution in [0.1, 0.15) is 22.5 Å². The van der Waals surface area contributed by atoms with Crippen LogP contribution < -0.4 is 0 Å². The third-order valence-corrected chi connectivity index (χ3v) is 10.8. The van der Waals surface area contributed by atoms with Crippen LogP contribution in [0.3, 0.4) is 0 Å². The lowest BCUT2D eigenvalue weighted by molar-refractivity contribution is 1.27. The smallest absolute Gasteiger partial charge is 0.116 e. The van der Waals surface area contributed by atoms with Crippen molar-refractivity contribution in [2.24, 2.45) is 9.98 Å². The molecule has 0 amide bonds. The summed E-state index contributed by atoms with van der Waals surface area (Å²) in [5, 5.41) is 6.91. The Hall–Kier alpha value is -7.56. The van der Waals surface area contributed by atoms with Crippen molar-refractivity contribution in [2.75, 3.05) is 0 Å². The predicted octanol–water partition coefficient (Wildman–Crippen LogP) is 13.1. The van der Waals surface area contributed by atoms with Crippen molar-refractivity contribution in [3.63, 3.8) is 0 Å². The molecular formula is C52H32N4. The molecule has 0 N–H and O–H groups in total. The number of fused-ring (bicyclic) bond motifs is 6. The normalized spacial score (nSPS) is 14.4. The van der Waals surface area contributed by atoms with Gasteiger partial charge in [-0.05, 0) is 68.1 Å². The number of benzene rings is 8. The maximum Gasteiger partial charge on any atom is 0.116 e. The van der Waals surface area contributed by atoms with Gasteiger partial charge in [-0.1, -0.05) is 170 Å². The SMILES string of the molecule is c1ccc2nc3c(cc2c1)/N=C(/c1ccc(-c2cccc4ccccc24)cc1)c1nc2ccccc2cc1/N=C\3c1ccc(-c2cccc3ccccc23)cc1. The number of aliphatic imine (C=N–C) groups is 2. The van der Waals surface area contributed by atoms with Crippen molar-refractivity contribution < 1.29 is 0 Å². The third kappa shape index (κ3) is 5.47. The Balaban J connectivity index is 1.11. The molecule has 8 aromatic carbocycles. The summed E-state index contributed by atoms with van der Waals surface area (Å²) in [6.45, 7) is 0. The molecule has 0 bridgehead atoms. The molecule has 0 saturated heterocycles. The zero-order chi connectivity index (χ0) is 37.0. The lowest BCUT2D eigenvalue weighted by Crippen LogP contribution is -2.13. The zero-order valence-corrected chi connectivity index (χ0v) is 30.3. The Labute approximate surface area is 323 Å². The minimum atomic E-state index is 0.727. The lowest BCUT2D eigenvalue weighted by Gasteiger charge is -2.18. The zero-order valence-electron chi connectivity index (χ0n) is 30.3. The third-order valence-electron chi connectivity index (χ3n) is 10.8. The Morgan fingerprint density at radius 3 is 1.09 bits per heavy atom. The first-order chi connectivity index (χ1) is 27.7. The predicted molar refractivity (Wildman–Crippen MR) is 233 cm³/mol. The summed E-state index contributed by atoms with van der Waals surface area (Å²) >= 11 is 0. The number of nitrogens with zero attached hydrogens (tertiary/aromatic N) is 4. The molecule has 11 rings (SSSR count). The van der Waals surface area contributed by atoms with E-state index in [1.165, 1.54) is 32.7 Å². The maximum atomic E-state index is 5.51. The van der Waals surface area contributed by atoms with Crippen LogP contribution in [0.2, 0.25) is 0 Å². The highest BCUT2D eigenvalue weighted by atomic mass is 14.9. The number of para-hydroxylation sites is 2. The summed E-state index contributed by atoms with van der Waals surface area (Å²) in [4.78, 5) is 21.6. The molecule has 10 aromatic rings. The van der Waals surface area contributed by atoms with Gasteiger partial charge in [0.1, 0.15) is 11.4 Å². The first kappa shape index (κ1) is 31.9. The molecule has 0 radical (unpaired) electrons. The second kappa shape index (κ2) is 13.1. The van der Waals surface area contributed by atoms with E-state index in [4.69, 9.17) is 20.0 Å². The van der Waals surface area contributed by atoms with E-state index in [1.54, 1.807) is 0 Å². The minimum absolute atomic E-state index is 0.727. The van der Waals surface area contributed by atoms with Gasteiger partial charge >= 0.3 is 0 Å². The highest BCUT2D eigenvalue weighted by Crippen LogP contribution is 2.37. The Bertz CT molecular complexity index is 3000. The first-order valence-electron chi connectivity index (χ1n) is 18.9. The summed E-state index contributed by atoms with van der Waals surface area (Å²) in [6, 6.07) is 68.0. The molecule has 0 aliphatic carbocycles. The summed E-state index contributed by atoms with van der Waals surface area (Å²) in [5.74, 6) is 0. The van der Waals surface area contributed by atoms with Crippen LogP contribution in [-0.2, 0) is 0 Å². The molecule has 4 nitrogen and oxygen atoms in total.